The van der Waals surface area contributed by atoms with E-state index in [0.29, 0.717) is 5.56 Å². The molecule has 0 saturated heterocycles. The Kier molecular flexibility index (Phi) is 6.30. The lowest BCUT2D eigenvalue weighted by Gasteiger charge is -2.18. The van der Waals surface area contributed by atoms with E-state index >= 15 is 0 Å². The molecule has 0 unspecified atom stereocenters. The molecular formula is C25H26N4OS. The molecule has 158 valence electrons. The van der Waals surface area contributed by atoms with Gasteiger partial charge in [-0.1, -0.05) is 53.8 Å². The number of fused-ring (bicyclic) bond motifs is 1. The Morgan fingerprint density at radius 3 is 2.32 bits per heavy atom. The van der Waals surface area contributed by atoms with Gasteiger partial charge in [0.2, 0.25) is 0 Å². The molecule has 6 heteroatoms. The average molecular weight is 431 g/mol. The van der Waals surface area contributed by atoms with Crippen LogP contribution in [0.25, 0.3) is 21.3 Å². The first-order valence-corrected chi connectivity index (χ1v) is 11.0. The molecule has 0 fully saturated rings. The van der Waals surface area contributed by atoms with Gasteiger partial charge in [0.15, 0.2) is 5.13 Å². The van der Waals surface area contributed by atoms with Crippen LogP contribution in [0.4, 0.5) is 10.8 Å². The molecular weight excluding hydrogens is 404 g/mol. The summed E-state index contributed by atoms with van der Waals surface area (Å²) < 4.78 is 1.06. The zero-order valence-electron chi connectivity index (χ0n) is 18.0. The number of aromatic nitrogens is 1. The van der Waals surface area contributed by atoms with Crippen LogP contribution in [0, 0.1) is 0 Å². The van der Waals surface area contributed by atoms with Crippen LogP contribution in [0.1, 0.15) is 10.4 Å². The summed E-state index contributed by atoms with van der Waals surface area (Å²) in [5.74, 6) is -0.119. The monoisotopic (exact) mass is 430 g/mol. The predicted octanol–water partition coefficient (Wildman–Crippen LogP) is 5.21. The Balaban J connectivity index is 1.46. The van der Waals surface area contributed by atoms with Gasteiger partial charge in [-0.15, -0.1) is 0 Å². The summed E-state index contributed by atoms with van der Waals surface area (Å²) in [5, 5.41) is 3.99. The van der Waals surface area contributed by atoms with E-state index in [9.17, 15) is 4.79 Å². The minimum absolute atomic E-state index is 0.119. The van der Waals surface area contributed by atoms with Gasteiger partial charge in [-0.25, -0.2) is 4.98 Å². The number of rotatable bonds is 7. The summed E-state index contributed by atoms with van der Waals surface area (Å²) in [7, 11) is 6.19. The fourth-order valence-electron chi connectivity index (χ4n) is 3.25. The Bertz CT molecular complexity index is 1170. The summed E-state index contributed by atoms with van der Waals surface area (Å²) in [4.78, 5) is 21.8. The molecule has 0 aliphatic heterocycles. The highest BCUT2D eigenvalue weighted by molar-refractivity contribution is 7.22. The van der Waals surface area contributed by atoms with Gasteiger partial charge >= 0.3 is 0 Å². The standard InChI is InChI=1S/C25H26N4OS/c1-28(2)15-16-29(3)25-27-22-14-13-21(17-23(22)31-25)26-24(30)20-11-9-19(10-12-20)18-7-5-4-6-8-18/h4-14,17H,15-16H2,1-3H3,(H,26,30). The minimum Gasteiger partial charge on any atom is -0.350 e. The zero-order chi connectivity index (χ0) is 21.8. The Morgan fingerprint density at radius 1 is 0.903 bits per heavy atom. The summed E-state index contributed by atoms with van der Waals surface area (Å²) in [6.07, 6.45) is 0. The molecule has 0 radical (unpaired) electrons. The summed E-state index contributed by atoms with van der Waals surface area (Å²) >= 11 is 1.64. The number of amides is 1. The van der Waals surface area contributed by atoms with Gasteiger partial charge in [-0.3, -0.25) is 4.79 Å². The number of carbonyl (C=O) groups excluding carboxylic acids is 1. The van der Waals surface area contributed by atoms with Crippen molar-refractivity contribution in [2.45, 2.75) is 0 Å². The highest BCUT2D eigenvalue weighted by Gasteiger charge is 2.11. The molecule has 1 N–H and O–H groups in total. The van der Waals surface area contributed by atoms with Crippen molar-refractivity contribution in [1.82, 2.24) is 9.88 Å². The molecule has 5 nitrogen and oxygen atoms in total. The molecule has 0 spiro atoms. The highest BCUT2D eigenvalue weighted by atomic mass is 32.1. The first kappa shape index (κ1) is 21.0. The second-order valence-electron chi connectivity index (χ2n) is 7.80. The van der Waals surface area contributed by atoms with Crippen LogP contribution >= 0.6 is 11.3 Å². The highest BCUT2D eigenvalue weighted by Crippen LogP contribution is 2.30. The van der Waals surface area contributed by atoms with Gasteiger partial charge in [-0.05, 0) is 55.6 Å². The molecule has 0 bridgehead atoms. The number of nitrogens with zero attached hydrogens (tertiary/aromatic N) is 3. The Labute approximate surface area is 187 Å². The quantitative estimate of drug-likeness (QED) is 0.437. The number of likely N-dealkylation sites (N-methyl/N-ethyl adjacent to an activating group) is 2. The molecule has 4 aromatic rings. The van der Waals surface area contributed by atoms with E-state index in [1.165, 1.54) is 0 Å². The number of carbonyl (C=O) groups is 1. The van der Waals surface area contributed by atoms with Gasteiger partial charge in [0.05, 0.1) is 10.2 Å². The van der Waals surface area contributed by atoms with Crippen LogP contribution in [0.3, 0.4) is 0 Å². The number of hydrogen-bond donors (Lipinski definition) is 1. The third-order valence-electron chi connectivity index (χ3n) is 5.10. The van der Waals surface area contributed by atoms with E-state index in [1.54, 1.807) is 11.3 Å². The van der Waals surface area contributed by atoms with Crippen LogP contribution in [-0.4, -0.2) is 50.0 Å². The lowest BCUT2D eigenvalue weighted by Crippen LogP contribution is -2.28. The van der Waals surface area contributed by atoms with Crippen molar-refractivity contribution in [3.8, 4) is 11.1 Å². The molecule has 0 aliphatic carbocycles. The largest absolute Gasteiger partial charge is 0.350 e. The summed E-state index contributed by atoms with van der Waals surface area (Å²) in [6.45, 7) is 1.88. The number of benzene rings is 3. The smallest absolute Gasteiger partial charge is 0.255 e. The van der Waals surface area contributed by atoms with Crippen molar-refractivity contribution < 1.29 is 4.79 Å². The summed E-state index contributed by atoms with van der Waals surface area (Å²) in [6, 6.07) is 23.7. The van der Waals surface area contributed by atoms with Gasteiger partial charge in [0.1, 0.15) is 0 Å². The van der Waals surface area contributed by atoms with Crippen LogP contribution < -0.4 is 10.2 Å². The van der Waals surface area contributed by atoms with Crippen molar-refractivity contribution in [2.75, 3.05) is 44.4 Å². The molecule has 3 aromatic carbocycles. The normalized spacial score (nSPS) is 11.1. The molecule has 0 saturated carbocycles. The third kappa shape index (κ3) is 5.10. The molecule has 0 atom stereocenters. The maximum absolute atomic E-state index is 12.7. The van der Waals surface area contributed by atoms with E-state index in [4.69, 9.17) is 4.98 Å². The van der Waals surface area contributed by atoms with Gasteiger partial charge in [0, 0.05) is 31.4 Å². The second-order valence-corrected chi connectivity index (χ2v) is 8.81. The number of anilines is 2. The van der Waals surface area contributed by atoms with Crippen molar-refractivity contribution in [3.05, 3.63) is 78.4 Å². The fraction of sp³-hybridized carbons (Fsp3) is 0.200. The van der Waals surface area contributed by atoms with Crippen molar-refractivity contribution in [3.63, 3.8) is 0 Å². The van der Waals surface area contributed by atoms with E-state index in [0.717, 1.165) is 45.3 Å². The fourth-order valence-corrected chi connectivity index (χ4v) is 4.24. The SMILES string of the molecule is CN(C)CCN(C)c1nc2ccc(NC(=O)c3ccc(-c4ccccc4)cc3)cc2s1. The Morgan fingerprint density at radius 2 is 1.61 bits per heavy atom. The molecule has 1 aromatic heterocycles. The summed E-state index contributed by atoms with van der Waals surface area (Å²) in [5.41, 5.74) is 4.58. The van der Waals surface area contributed by atoms with Crippen LogP contribution in [0.15, 0.2) is 72.8 Å². The molecule has 1 amide bonds. The van der Waals surface area contributed by atoms with Crippen LogP contribution in [-0.2, 0) is 0 Å². The predicted molar refractivity (Wildman–Crippen MR) is 131 cm³/mol. The average Bonchev–Trinajstić information content (AvgIpc) is 3.21. The molecule has 1 heterocycles. The van der Waals surface area contributed by atoms with E-state index in [1.807, 2.05) is 60.7 Å². The van der Waals surface area contributed by atoms with Crippen LogP contribution in [0.2, 0.25) is 0 Å². The lowest BCUT2D eigenvalue weighted by molar-refractivity contribution is 0.102. The maximum Gasteiger partial charge on any atom is 0.255 e. The minimum atomic E-state index is -0.119. The molecule has 4 rings (SSSR count). The van der Waals surface area contributed by atoms with Crippen molar-refractivity contribution in [1.29, 1.82) is 0 Å². The number of hydrogen-bond acceptors (Lipinski definition) is 5. The lowest BCUT2D eigenvalue weighted by atomic mass is 10.0. The van der Waals surface area contributed by atoms with E-state index in [2.05, 4.69) is 48.4 Å². The first-order chi connectivity index (χ1) is 15.0. The Hall–Kier alpha value is -3.22. The van der Waals surface area contributed by atoms with Crippen molar-refractivity contribution in [2.24, 2.45) is 0 Å². The number of nitrogens with one attached hydrogen (secondary N) is 1. The third-order valence-corrected chi connectivity index (χ3v) is 6.23. The topological polar surface area (TPSA) is 48.5 Å². The molecule has 31 heavy (non-hydrogen) atoms. The molecule has 0 aliphatic rings. The van der Waals surface area contributed by atoms with Gasteiger partial charge in [0.25, 0.3) is 5.91 Å². The maximum atomic E-state index is 12.7. The van der Waals surface area contributed by atoms with Crippen molar-refractivity contribution >= 4 is 38.3 Å². The van der Waals surface area contributed by atoms with E-state index in [-0.39, 0.29) is 5.91 Å². The zero-order valence-corrected chi connectivity index (χ0v) is 18.8. The second kappa shape index (κ2) is 9.29. The van der Waals surface area contributed by atoms with Crippen LogP contribution in [0.5, 0.6) is 0 Å². The van der Waals surface area contributed by atoms with Gasteiger partial charge in [-0.2, -0.15) is 0 Å². The van der Waals surface area contributed by atoms with Gasteiger partial charge < -0.3 is 15.1 Å². The first-order valence-electron chi connectivity index (χ1n) is 10.2. The van der Waals surface area contributed by atoms with E-state index < -0.39 is 0 Å². The number of thiazole rings is 1.